The summed E-state index contributed by atoms with van der Waals surface area (Å²) in [7, 11) is 0. The lowest BCUT2D eigenvalue weighted by molar-refractivity contribution is -0.115. The second kappa shape index (κ2) is 7.43. The van der Waals surface area contributed by atoms with E-state index in [2.05, 4.69) is 18.7 Å². The molecule has 0 aliphatic rings. The van der Waals surface area contributed by atoms with Gasteiger partial charge < -0.3 is 10.6 Å². The van der Waals surface area contributed by atoms with Crippen molar-refractivity contribution < 1.29 is 4.79 Å². The number of carbonyl (C=O) groups is 1. The summed E-state index contributed by atoms with van der Waals surface area (Å²) in [6, 6.07) is 0. The number of carbonyl (C=O) groups excluding carboxylic acids is 1. The summed E-state index contributed by atoms with van der Waals surface area (Å²) in [5, 5.41) is 0. The molecule has 0 aromatic rings. The van der Waals surface area contributed by atoms with Crippen molar-refractivity contribution in [2.45, 2.75) is 13.8 Å². The molecule has 0 fully saturated rings. The quantitative estimate of drug-likeness (QED) is 0.596. The maximum Gasteiger partial charge on any atom is 0.227 e. The van der Waals surface area contributed by atoms with Crippen molar-refractivity contribution in [3.05, 3.63) is 0 Å². The summed E-state index contributed by atoms with van der Waals surface area (Å²) >= 11 is 1.60. The van der Waals surface area contributed by atoms with Crippen LogP contribution in [0.3, 0.4) is 0 Å². The van der Waals surface area contributed by atoms with E-state index in [4.69, 9.17) is 5.73 Å². The van der Waals surface area contributed by atoms with Crippen molar-refractivity contribution in [1.29, 1.82) is 0 Å². The van der Waals surface area contributed by atoms with Crippen LogP contribution in [0.15, 0.2) is 0 Å². The molecule has 0 aromatic carbocycles. The molecular weight excluding hydrogens is 172 g/mol. The number of nitrogens with two attached hydrogens (primary N) is 1. The molecule has 0 rings (SSSR count). The molecule has 0 radical (unpaired) electrons. The minimum atomic E-state index is -0.223. The maximum atomic E-state index is 10.4. The first kappa shape index (κ1) is 11.8. The van der Waals surface area contributed by atoms with Crippen molar-refractivity contribution in [2.24, 2.45) is 5.73 Å². The Hall–Kier alpha value is -0.220. The van der Waals surface area contributed by atoms with Crippen molar-refractivity contribution in [2.75, 3.05) is 31.1 Å². The Morgan fingerprint density at radius 2 is 2.00 bits per heavy atom. The lowest BCUT2D eigenvalue weighted by atomic mass is 10.5. The molecule has 0 bridgehead atoms. The maximum absolute atomic E-state index is 10.4. The Morgan fingerprint density at radius 1 is 1.42 bits per heavy atom. The number of amides is 1. The molecule has 0 aliphatic heterocycles. The number of nitrogens with zero attached hydrogens (tertiary/aromatic N) is 1. The van der Waals surface area contributed by atoms with Gasteiger partial charge in [-0.25, -0.2) is 0 Å². The monoisotopic (exact) mass is 190 g/mol. The predicted molar refractivity (Wildman–Crippen MR) is 54.3 cm³/mol. The fourth-order valence-corrected chi connectivity index (χ4v) is 1.64. The SMILES string of the molecule is CCN(CC)CCSCC(N)=O. The zero-order valence-corrected chi connectivity index (χ0v) is 8.69. The molecule has 12 heavy (non-hydrogen) atoms. The van der Waals surface area contributed by atoms with Crippen LogP contribution >= 0.6 is 11.8 Å². The van der Waals surface area contributed by atoms with Gasteiger partial charge in [-0.2, -0.15) is 11.8 Å². The van der Waals surface area contributed by atoms with E-state index in [9.17, 15) is 4.79 Å². The fraction of sp³-hybridized carbons (Fsp3) is 0.875. The average Bonchev–Trinajstić information content (AvgIpc) is 2.04. The minimum Gasteiger partial charge on any atom is -0.369 e. The largest absolute Gasteiger partial charge is 0.369 e. The van der Waals surface area contributed by atoms with Crippen molar-refractivity contribution in [3.8, 4) is 0 Å². The van der Waals surface area contributed by atoms with Crippen LogP contribution in [0.25, 0.3) is 0 Å². The average molecular weight is 190 g/mol. The minimum absolute atomic E-state index is 0.223. The van der Waals surface area contributed by atoms with Gasteiger partial charge in [0, 0.05) is 12.3 Å². The van der Waals surface area contributed by atoms with E-state index >= 15 is 0 Å². The topological polar surface area (TPSA) is 46.3 Å². The van der Waals surface area contributed by atoms with Crippen LogP contribution in [-0.4, -0.2) is 41.9 Å². The first-order valence-corrected chi connectivity index (χ1v) is 5.44. The Labute approximate surface area is 78.7 Å². The lowest BCUT2D eigenvalue weighted by Crippen LogP contribution is -2.26. The van der Waals surface area contributed by atoms with Crippen LogP contribution in [0.4, 0.5) is 0 Å². The zero-order chi connectivity index (χ0) is 9.40. The molecule has 0 atom stereocenters. The van der Waals surface area contributed by atoms with E-state index in [0.29, 0.717) is 5.75 Å². The normalized spacial score (nSPS) is 10.6. The van der Waals surface area contributed by atoms with Crippen LogP contribution < -0.4 is 5.73 Å². The standard InChI is InChI=1S/C8H18N2OS/c1-3-10(4-2)5-6-12-7-8(9)11/h3-7H2,1-2H3,(H2,9,11). The first-order chi connectivity index (χ1) is 5.70. The molecule has 1 amide bonds. The third kappa shape index (κ3) is 6.49. The highest BCUT2D eigenvalue weighted by Gasteiger charge is 1.99. The van der Waals surface area contributed by atoms with E-state index in [-0.39, 0.29) is 5.91 Å². The van der Waals surface area contributed by atoms with Gasteiger partial charge in [-0.05, 0) is 13.1 Å². The second-order valence-corrected chi connectivity index (χ2v) is 3.65. The Balaban J connectivity index is 3.23. The number of primary amides is 1. The van der Waals surface area contributed by atoms with E-state index in [1.165, 1.54) is 0 Å². The first-order valence-electron chi connectivity index (χ1n) is 4.29. The van der Waals surface area contributed by atoms with Crippen molar-refractivity contribution in [1.82, 2.24) is 4.90 Å². The molecular formula is C8H18N2OS. The third-order valence-corrected chi connectivity index (χ3v) is 2.65. The fourth-order valence-electron chi connectivity index (χ4n) is 0.906. The van der Waals surface area contributed by atoms with Gasteiger partial charge in [0.25, 0.3) is 0 Å². The lowest BCUT2D eigenvalue weighted by Gasteiger charge is -2.16. The van der Waals surface area contributed by atoms with Crippen molar-refractivity contribution in [3.63, 3.8) is 0 Å². The molecule has 0 aliphatic carbocycles. The van der Waals surface area contributed by atoms with Gasteiger partial charge in [0.15, 0.2) is 0 Å². The van der Waals surface area contributed by atoms with Crippen LogP contribution in [0.5, 0.6) is 0 Å². The van der Waals surface area contributed by atoms with E-state index in [0.717, 1.165) is 25.4 Å². The molecule has 4 heteroatoms. The van der Waals surface area contributed by atoms with Crippen LogP contribution in [-0.2, 0) is 4.79 Å². The van der Waals surface area contributed by atoms with E-state index in [1.54, 1.807) is 11.8 Å². The number of rotatable bonds is 7. The predicted octanol–water partition coefficient (Wildman–Crippen LogP) is 0.547. The second-order valence-electron chi connectivity index (χ2n) is 2.55. The number of hydrogen-bond donors (Lipinski definition) is 1. The van der Waals surface area contributed by atoms with Gasteiger partial charge in [0.2, 0.25) is 5.91 Å². The van der Waals surface area contributed by atoms with Gasteiger partial charge >= 0.3 is 0 Å². The molecule has 0 heterocycles. The Bertz CT molecular complexity index is 126. The van der Waals surface area contributed by atoms with Gasteiger partial charge in [-0.1, -0.05) is 13.8 Å². The van der Waals surface area contributed by atoms with Gasteiger partial charge in [0.1, 0.15) is 0 Å². The zero-order valence-electron chi connectivity index (χ0n) is 7.88. The third-order valence-electron chi connectivity index (χ3n) is 1.69. The summed E-state index contributed by atoms with van der Waals surface area (Å²) in [6.45, 7) is 7.48. The van der Waals surface area contributed by atoms with Gasteiger partial charge in [-0.3, -0.25) is 4.79 Å². The summed E-state index contributed by atoms with van der Waals surface area (Å²) in [5.74, 6) is 1.21. The van der Waals surface area contributed by atoms with Gasteiger partial charge in [0.05, 0.1) is 5.75 Å². The summed E-state index contributed by atoms with van der Waals surface area (Å²) in [5.41, 5.74) is 5.00. The molecule has 0 aromatic heterocycles. The molecule has 0 spiro atoms. The molecule has 72 valence electrons. The van der Waals surface area contributed by atoms with Crippen LogP contribution in [0.1, 0.15) is 13.8 Å². The Morgan fingerprint density at radius 3 is 2.42 bits per heavy atom. The summed E-state index contributed by atoms with van der Waals surface area (Å²) < 4.78 is 0. The Kier molecular flexibility index (Phi) is 7.29. The highest BCUT2D eigenvalue weighted by molar-refractivity contribution is 7.99. The number of thioether (sulfide) groups is 1. The molecule has 0 saturated carbocycles. The highest BCUT2D eigenvalue weighted by Crippen LogP contribution is 1.99. The van der Waals surface area contributed by atoms with E-state index < -0.39 is 0 Å². The molecule has 0 saturated heterocycles. The van der Waals surface area contributed by atoms with Crippen LogP contribution in [0.2, 0.25) is 0 Å². The molecule has 0 unspecified atom stereocenters. The van der Waals surface area contributed by atoms with Gasteiger partial charge in [-0.15, -0.1) is 0 Å². The van der Waals surface area contributed by atoms with Crippen molar-refractivity contribution >= 4 is 17.7 Å². The highest BCUT2D eigenvalue weighted by atomic mass is 32.2. The molecule has 2 N–H and O–H groups in total. The molecule has 3 nitrogen and oxygen atoms in total. The van der Waals surface area contributed by atoms with E-state index in [1.807, 2.05) is 0 Å². The van der Waals surface area contributed by atoms with Crippen LogP contribution in [0, 0.1) is 0 Å². The summed E-state index contributed by atoms with van der Waals surface area (Å²) in [6.07, 6.45) is 0. The number of hydrogen-bond acceptors (Lipinski definition) is 3. The smallest absolute Gasteiger partial charge is 0.227 e. The summed E-state index contributed by atoms with van der Waals surface area (Å²) in [4.78, 5) is 12.7.